The summed E-state index contributed by atoms with van der Waals surface area (Å²) in [6.45, 7) is -0.184. The molecule has 0 saturated heterocycles. The van der Waals surface area contributed by atoms with Gasteiger partial charge in [-0.05, 0) is 23.8 Å². The standard InChI is InChI=1S/C14H17FN4/c1-18(2)14-7-4-12(5-8-14)3-6-13-11-19(10-9-15)17-16-13/h3-8,11H,9-10H2,1-2H3/b6-3+. The minimum Gasteiger partial charge on any atom is -0.378 e. The van der Waals surface area contributed by atoms with Crippen molar-refractivity contribution in [2.45, 2.75) is 6.54 Å². The maximum atomic E-state index is 12.1. The van der Waals surface area contributed by atoms with E-state index in [0.717, 1.165) is 16.9 Å². The second kappa shape index (κ2) is 6.13. The molecule has 1 heterocycles. The van der Waals surface area contributed by atoms with E-state index >= 15 is 0 Å². The number of anilines is 1. The number of benzene rings is 1. The van der Waals surface area contributed by atoms with Crippen LogP contribution in [0, 0.1) is 0 Å². The maximum absolute atomic E-state index is 12.1. The Labute approximate surface area is 112 Å². The van der Waals surface area contributed by atoms with Crippen LogP contribution < -0.4 is 4.90 Å². The first-order chi connectivity index (χ1) is 9.19. The van der Waals surface area contributed by atoms with Crippen molar-refractivity contribution in [1.82, 2.24) is 15.0 Å². The average Bonchev–Trinajstić information content (AvgIpc) is 2.85. The molecule has 100 valence electrons. The first-order valence-corrected chi connectivity index (χ1v) is 6.10. The van der Waals surface area contributed by atoms with Crippen molar-refractivity contribution in [1.29, 1.82) is 0 Å². The van der Waals surface area contributed by atoms with Gasteiger partial charge >= 0.3 is 0 Å². The van der Waals surface area contributed by atoms with Crippen LogP contribution in [0.1, 0.15) is 11.3 Å². The van der Waals surface area contributed by atoms with Crippen LogP contribution in [0.5, 0.6) is 0 Å². The molecule has 0 spiro atoms. The fourth-order valence-corrected chi connectivity index (χ4v) is 1.65. The zero-order valence-corrected chi connectivity index (χ0v) is 11.1. The van der Waals surface area contributed by atoms with Crippen LogP contribution in [-0.4, -0.2) is 35.8 Å². The van der Waals surface area contributed by atoms with Crippen LogP contribution in [-0.2, 0) is 6.54 Å². The first kappa shape index (κ1) is 13.3. The maximum Gasteiger partial charge on any atom is 0.109 e. The van der Waals surface area contributed by atoms with Gasteiger partial charge < -0.3 is 4.90 Å². The van der Waals surface area contributed by atoms with Gasteiger partial charge in [0.25, 0.3) is 0 Å². The summed E-state index contributed by atoms with van der Waals surface area (Å²) in [6.07, 6.45) is 5.56. The molecule has 5 heteroatoms. The molecule has 19 heavy (non-hydrogen) atoms. The van der Waals surface area contributed by atoms with Crippen molar-refractivity contribution < 1.29 is 4.39 Å². The fourth-order valence-electron chi connectivity index (χ4n) is 1.65. The summed E-state index contributed by atoms with van der Waals surface area (Å²) in [5.41, 5.74) is 2.97. The minimum atomic E-state index is -0.432. The fraction of sp³-hybridized carbons (Fsp3) is 0.286. The molecule has 0 unspecified atom stereocenters. The van der Waals surface area contributed by atoms with Gasteiger partial charge in [0.2, 0.25) is 0 Å². The highest BCUT2D eigenvalue weighted by molar-refractivity contribution is 5.68. The first-order valence-electron chi connectivity index (χ1n) is 6.10. The third-order valence-corrected chi connectivity index (χ3v) is 2.73. The number of halogens is 1. The van der Waals surface area contributed by atoms with E-state index in [-0.39, 0.29) is 6.54 Å². The second-order valence-electron chi connectivity index (χ2n) is 4.41. The van der Waals surface area contributed by atoms with Crippen LogP contribution in [0.3, 0.4) is 0 Å². The third kappa shape index (κ3) is 3.64. The Morgan fingerprint density at radius 3 is 2.58 bits per heavy atom. The summed E-state index contributed by atoms with van der Waals surface area (Å²) in [4.78, 5) is 2.05. The molecule has 1 aromatic carbocycles. The summed E-state index contributed by atoms with van der Waals surface area (Å²) in [5, 5.41) is 7.77. The number of nitrogens with zero attached hydrogens (tertiary/aromatic N) is 4. The van der Waals surface area contributed by atoms with Gasteiger partial charge in [0, 0.05) is 19.8 Å². The number of aromatic nitrogens is 3. The number of hydrogen-bond donors (Lipinski definition) is 0. The lowest BCUT2D eigenvalue weighted by molar-refractivity contribution is 0.422. The normalized spacial score (nSPS) is 11.1. The van der Waals surface area contributed by atoms with E-state index in [1.165, 1.54) is 4.68 Å². The average molecular weight is 260 g/mol. The molecule has 0 aliphatic heterocycles. The molecule has 0 amide bonds. The van der Waals surface area contributed by atoms with E-state index in [4.69, 9.17) is 0 Å². The van der Waals surface area contributed by atoms with E-state index in [2.05, 4.69) is 27.3 Å². The van der Waals surface area contributed by atoms with Crippen molar-refractivity contribution in [3.63, 3.8) is 0 Å². The molecule has 0 aliphatic carbocycles. The highest BCUT2D eigenvalue weighted by Crippen LogP contribution is 2.14. The summed E-state index contributed by atoms with van der Waals surface area (Å²) < 4.78 is 13.6. The third-order valence-electron chi connectivity index (χ3n) is 2.73. The minimum absolute atomic E-state index is 0.248. The number of rotatable bonds is 5. The lowest BCUT2D eigenvalue weighted by Gasteiger charge is -2.11. The molecule has 0 saturated carbocycles. The SMILES string of the molecule is CN(C)c1ccc(/C=C/c2cn(CCF)nn2)cc1. The Hall–Kier alpha value is -2.17. The monoisotopic (exact) mass is 260 g/mol. The summed E-state index contributed by atoms with van der Waals surface area (Å²) in [5.74, 6) is 0. The number of hydrogen-bond acceptors (Lipinski definition) is 3. The van der Waals surface area contributed by atoms with Gasteiger partial charge in [0.15, 0.2) is 0 Å². The largest absolute Gasteiger partial charge is 0.378 e. The zero-order valence-electron chi connectivity index (χ0n) is 11.1. The Bertz CT molecular complexity index is 543. The number of aryl methyl sites for hydroxylation is 1. The predicted molar refractivity (Wildman–Crippen MR) is 75.7 cm³/mol. The molecule has 0 N–H and O–H groups in total. The smallest absolute Gasteiger partial charge is 0.109 e. The molecule has 0 bridgehead atoms. The highest BCUT2D eigenvalue weighted by atomic mass is 19.1. The lowest BCUT2D eigenvalue weighted by atomic mass is 10.2. The quantitative estimate of drug-likeness (QED) is 0.828. The van der Waals surface area contributed by atoms with E-state index in [1.54, 1.807) is 6.20 Å². The lowest BCUT2D eigenvalue weighted by Crippen LogP contribution is -2.07. The van der Waals surface area contributed by atoms with Gasteiger partial charge in [0.1, 0.15) is 12.4 Å². The summed E-state index contributed by atoms with van der Waals surface area (Å²) in [6, 6.07) is 8.19. The van der Waals surface area contributed by atoms with Crippen molar-refractivity contribution in [2.75, 3.05) is 25.7 Å². The van der Waals surface area contributed by atoms with Crippen LogP contribution in [0.15, 0.2) is 30.5 Å². The Balaban J connectivity index is 2.04. The highest BCUT2D eigenvalue weighted by Gasteiger charge is 1.97. The molecule has 2 rings (SSSR count). The van der Waals surface area contributed by atoms with Crippen LogP contribution in [0.4, 0.5) is 10.1 Å². The van der Waals surface area contributed by atoms with Crippen LogP contribution in [0.2, 0.25) is 0 Å². The molecular formula is C14H17FN4. The summed E-state index contributed by atoms with van der Waals surface area (Å²) in [7, 11) is 4.02. The Morgan fingerprint density at radius 2 is 1.95 bits per heavy atom. The molecule has 4 nitrogen and oxygen atoms in total. The Kier molecular flexibility index (Phi) is 4.28. The molecular weight excluding hydrogens is 243 g/mol. The predicted octanol–water partition coefficient (Wildman–Crippen LogP) is 2.48. The Morgan fingerprint density at radius 1 is 1.21 bits per heavy atom. The van der Waals surface area contributed by atoms with Gasteiger partial charge in [-0.3, -0.25) is 0 Å². The van der Waals surface area contributed by atoms with Gasteiger partial charge in [0.05, 0.1) is 12.7 Å². The van der Waals surface area contributed by atoms with E-state index in [0.29, 0.717) is 0 Å². The van der Waals surface area contributed by atoms with Crippen LogP contribution in [0.25, 0.3) is 12.2 Å². The van der Waals surface area contributed by atoms with E-state index in [1.807, 2.05) is 38.4 Å². The molecule has 1 aromatic heterocycles. The molecule has 0 atom stereocenters. The van der Waals surface area contributed by atoms with Gasteiger partial charge in [-0.2, -0.15) is 0 Å². The molecule has 2 aromatic rings. The van der Waals surface area contributed by atoms with E-state index < -0.39 is 6.67 Å². The van der Waals surface area contributed by atoms with Crippen molar-refractivity contribution in [2.24, 2.45) is 0 Å². The van der Waals surface area contributed by atoms with Gasteiger partial charge in [-0.25, -0.2) is 9.07 Å². The topological polar surface area (TPSA) is 34.0 Å². The van der Waals surface area contributed by atoms with Gasteiger partial charge in [-0.15, -0.1) is 5.10 Å². The number of alkyl halides is 1. The van der Waals surface area contributed by atoms with E-state index in [9.17, 15) is 4.39 Å². The van der Waals surface area contributed by atoms with Crippen molar-refractivity contribution in [3.8, 4) is 0 Å². The molecule has 0 fully saturated rings. The second-order valence-corrected chi connectivity index (χ2v) is 4.41. The van der Waals surface area contributed by atoms with Gasteiger partial charge in [-0.1, -0.05) is 23.4 Å². The molecule has 0 aliphatic rings. The molecule has 0 radical (unpaired) electrons. The van der Waals surface area contributed by atoms with Crippen LogP contribution >= 0.6 is 0 Å². The zero-order chi connectivity index (χ0) is 13.7. The summed E-state index contributed by atoms with van der Waals surface area (Å²) >= 11 is 0. The van der Waals surface area contributed by atoms with Crippen molar-refractivity contribution in [3.05, 3.63) is 41.7 Å². The van der Waals surface area contributed by atoms with Crippen molar-refractivity contribution >= 4 is 17.8 Å².